The average Bonchev–Trinajstić information content (AvgIpc) is 2.56. The highest BCUT2D eigenvalue weighted by Crippen LogP contribution is 2.61. The molecule has 4 atom stereocenters. The lowest BCUT2D eigenvalue weighted by atomic mass is 9.47. The molecule has 1 aromatic rings. The Bertz CT molecular complexity index is 647. The summed E-state index contributed by atoms with van der Waals surface area (Å²) in [4.78, 5) is 0. The maximum absolute atomic E-state index is 10.4. The fourth-order valence-electron chi connectivity index (χ4n) is 5.45. The van der Waals surface area contributed by atoms with Crippen molar-refractivity contribution >= 4 is 0 Å². The van der Waals surface area contributed by atoms with Crippen LogP contribution in [0.2, 0.25) is 0 Å². The maximum Gasteiger partial charge on any atom is 0.119 e. The van der Waals surface area contributed by atoms with Crippen LogP contribution in [0.5, 0.6) is 11.5 Å². The first-order chi connectivity index (χ1) is 11.3. The number of allylic oxidation sites excluding steroid dienone is 2. The van der Waals surface area contributed by atoms with E-state index in [0.717, 1.165) is 17.7 Å². The first-order valence-electron chi connectivity index (χ1n) is 9.34. The number of phenols is 1. The van der Waals surface area contributed by atoms with Gasteiger partial charge in [-0.05, 0) is 85.5 Å². The molecule has 0 unspecified atom stereocenters. The van der Waals surface area contributed by atoms with Crippen LogP contribution in [0.4, 0.5) is 0 Å². The topological polar surface area (TPSA) is 29.5 Å². The van der Waals surface area contributed by atoms with Gasteiger partial charge in [0.2, 0.25) is 0 Å². The van der Waals surface area contributed by atoms with Gasteiger partial charge in [0.25, 0.3) is 0 Å². The van der Waals surface area contributed by atoms with Gasteiger partial charge in [-0.15, -0.1) is 0 Å². The van der Waals surface area contributed by atoms with Crippen LogP contribution in [0.3, 0.4) is 0 Å². The van der Waals surface area contributed by atoms with Gasteiger partial charge in [0.05, 0.1) is 7.11 Å². The fourth-order valence-corrected chi connectivity index (χ4v) is 5.45. The molecule has 0 amide bonds. The van der Waals surface area contributed by atoms with Crippen molar-refractivity contribution in [3.63, 3.8) is 0 Å². The van der Waals surface area contributed by atoms with E-state index >= 15 is 0 Å². The summed E-state index contributed by atoms with van der Waals surface area (Å²) in [6.45, 7) is 9.66. The van der Waals surface area contributed by atoms with E-state index in [-0.39, 0.29) is 5.41 Å². The number of ether oxygens (including phenoxy) is 1. The third kappa shape index (κ3) is 2.64. The summed E-state index contributed by atoms with van der Waals surface area (Å²) >= 11 is 0. The van der Waals surface area contributed by atoms with Crippen LogP contribution in [-0.4, -0.2) is 12.2 Å². The summed E-state index contributed by atoms with van der Waals surface area (Å²) in [5.74, 6) is 2.56. The molecule has 1 fully saturated rings. The second-order valence-corrected chi connectivity index (χ2v) is 8.55. The van der Waals surface area contributed by atoms with Crippen LogP contribution >= 0.6 is 0 Å². The highest BCUT2D eigenvalue weighted by molar-refractivity contribution is 5.40. The van der Waals surface area contributed by atoms with Crippen LogP contribution in [0.25, 0.3) is 0 Å². The molecule has 0 aliphatic heterocycles. The fraction of sp³-hybridized carbons (Fsp3) is 0.636. The zero-order chi connectivity index (χ0) is 17.5. The maximum atomic E-state index is 10.4. The molecule has 0 heterocycles. The van der Waals surface area contributed by atoms with Crippen molar-refractivity contribution in [1.29, 1.82) is 0 Å². The van der Waals surface area contributed by atoms with Crippen molar-refractivity contribution in [3.8, 4) is 11.5 Å². The van der Waals surface area contributed by atoms with Crippen molar-refractivity contribution < 1.29 is 9.84 Å². The molecule has 0 spiro atoms. The first-order valence-corrected chi connectivity index (χ1v) is 9.34. The van der Waals surface area contributed by atoms with Gasteiger partial charge in [0.1, 0.15) is 11.5 Å². The zero-order valence-corrected chi connectivity index (χ0v) is 15.9. The van der Waals surface area contributed by atoms with Gasteiger partial charge in [-0.2, -0.15) is 0 Å². The quantitative estimate of drug-likeness (QED) is 0.717. The third-order valence-electron chi connectivity index (χ3n) is 7.45. The standard InChI is InChI=1S/C22H32O2/c1-15-7-6-8-20-21(15,3)12-11-16(2)22(20,4)14-17-13-18(24-5)9-10-19(17)23/h7,9-10,13,16,20,23H,6,8,11-12,14H2,1-5H3/t16-,20+,21+,22+/m0/s1. The van der Waals surface area contributed by atoms with Gasteiger partial charge >= 0.3 is 0 Å². The Morgan fingerprint density at radius 3 is 2.71 bits per heavy atom. The molecule has 1 saturated carbocycles. The zero-order valence-electron chi connectivity index (χ0n) is 15.9. The van der Waals surface area contributed by atoms with Crippen LogP contribution < -0.4 is 4.74 Å². The summed E-state index contributed by atoms with van der Waals surface area (Å²) in [5.41, 5.74) is 3.12. The van der Waals surface area contributed by atoms with Crippen LogP contribution in [0.15, 0.2) is 29.8 Å². The molecular formula is C22H32O2. The molecule has 132 valence electrons. The second-order valence-electron chi connectivity index (χ2n) is 8.55. The van der Waals surface area contributed by atoms with E-state index in [4.69, 9.17) is 4.74 Å². The lowest BCUT2D eigenvalue weighted by Crippen LogP contribution is -2.50. The van der Waals surface area contributed by atoms with E-state index < -0.39 is 0 Å². The lowest BCUT2D eigenvalue weighted by molar-refractivity contribution is -0.0412. The molecule has 0 bridgehead atoms. The molecule has 1 aromatic carbocycles. The summed E-state index contributed by atoms with van der Waals surface area (Å²) in [6, 6.07) is 5.63. The van der Waals surface area contributed by atoms with E-state index in [1.54, 1.807) is 18.7 Å². The van der Waals surface area contributed by atoms with Gasteiger partial charge in [0.15, 0.2) is 0 Å². The highest BCUT2D eigenvalue weighted by atomic mass is 16.5. The number of rotatable bonds is 3. The minimum absolute atomic E-state index is 0.201. The minimum Gasteiger partial charge on any atom is -0.508 e. The van der Waals surface area contributed by atoms with Gasteiger partial charge in [-0.25, -0.2) is 0 Å². The van der Waals surface area contributed by atoms with Gasteiger partial charge in [-0.1, -0.05) is 32.4 Å². The Morgan fingerprint density at radius 2 is 2.00 bits per heavy atom. The summed E-state index contributed by atoms with van der Waals surface area (Å²) in [6.07, 6.45) is 8.39. The normalized spacial score (nSPS) is 36.0. The Labute approximate surface area is 146 Å². The number of aromatic hydroxyl groups is 1. The summed E-state index contributed by atoms with van der Waals surface area (Å²) < 4.78 is 5.38. The lowest BCUT2D eigenvalue weighted by Gasteiger charge is -2.58. The number of fused-ring (bicyclic) bond motifs is 1. The molecular weight excluding hydrogens is 296 g/mol. The molecule has 2 heteroatoms. The summed E-state index contributed by atoms with van der Waals surface area (Å²) in [5, 5.41) is 10.4. The van der Waals surface area contributed by atoms with E-state index in [1.807, 2.05) is 12.1 Å². The van der Waals surface area contributed by atoms with E-state index in [0.29, 0.717) is 23.0 Å². The number of phenolic OH excluding ortho intramolecular Hbond substituents is 1. The number of benzene rings is 1. The first kappa shape index (κ1) is 17.4. The van der Waals surface area contributed by atoms with Crippen molar-refractivity contribution in [2.24, 2.45) is 22.7 Å². The largest absolute Gasteiger partial charge is 0.508 e. The molecule has 24 heavy (non-hydrogen) atoms. The number of hydrogen-bond acceptors (Lipinski definition) is 2. The number of hydrogen-bond donors (Lipinski definition) is 1. The number of methoxy groups -OCH3 is 1. The molecule has 0 aromatic heterocycles. The van der Waals surface area contributed by atoms with Crippen LogP contribution in [0, 0.1) is 22.7 Å². The molecule has 2 aliphatic carbocycles. The van der Waals surface area contributed by atoms with Gasteiger partial charge in [-0.3, -0.25) is 0 Å². The predicted molar refractivity (Wildman–Crippen MR) is 99.5 cm³/mol. The second kappa shape index (κ2) is 6.13. The molecule has 0 radical (unpaired) electrons. The van der Waals surface area contributed by atoms with E-state index in [9.17, 15) is 5.11 Å². The van der Waals surface area contributed by atoms with E-state index in [2.05, 4.69) is 33.8 Å². The monoisotopic (exact) mass is 328 g/mol. The van der Waals surface area contributed by atoms with Crippen LogP contribution in [-0.2, 0) is 6.42 Å². The third-order valence-corrected chi connectivity index (χ3v) is 7.45. The summed E-state index contributed by atoms with van der Waals surface area (Å²) in [7, 11) is 1.69. The smallest absolute Gasteiger partial charge is 0.119 e. The molecule has 2 nitrogen and oxygen atoms in total. The Hall–Kier alpha value is -1.44. The minimum atomic E-state index is 0.201. The molecule has 1 N–H and O–H groups in total. The van der Waals surface area contributed by atoms with Crippen molar-refractivity contribution in [2.75, 3.05) is 7.11 Å². The molecule has 0 saturated heterocycles. The van der Waals surface area contributed by atoms with Crippen LogP contribution in [0.1, 0.15) is 58.9 Å². The van der Waals surface area contributed by atoms with Gasteiger partial charge in [0, 0.05) is 0 Å². The Balaban J connectivity index is 1.99. The van der Waals surface area contributed by atoms with Crippen molar-refractivity contribution in [3.05, 3.63) is 35.4 Å². The predicted octanol–water partition coefficient (Wildman–Crippen LogP) is 5.74. The molecule has 2 aliphatic rings. The average molecular weight is 328 g/mol. The highest BCUT2D eigenvalue weighted by Gasteiger charge is 2.53. The Kier molecular flexibility index (Phi) is 4.44. The SMILES string of the molecule is COc1ccc(O)c(C[C@]2(C)[C@@H](C)CC[C@]3(C)C(C)=CCC[C@@H]23)c1. The van der Waals surface area contributed by atoms with Gasteiger partial charge < -0.3 is 9.84 Å². The van der Waals surface area contributed by atoms with E-state index in [1.165, 1.54) is 25.7 Å². The van der Waals surface area contributed by atoms with Crippen molar-refractivity contribution in [2.45, 2.75) is 59.8 Å². The molecule has 3 rings (SSSR count). The van der Waals surface area contributed by atoms with Crippen molar-refractivity contribution in [1.82, 2.24) is 0 Å². The Morgan fingerprint density at radius 1 is 1.25 bits per heavy atom.